The van der Waals surface area contributed by atoms with Crippen LogP contribution in [0.5, 0.6) is 0 Å². The van der Waals surface area contributed by atoms with Crippen molar-refractivity contribution in [2.45, 2.75) is 17.7 Å². The first-order chi connectivity index (χ1) is 11.4. The summed E-state index contributed by atoms with van der Waals surface area (Å²) >= 11 is 0. The molecule has 1 atom stereocenters. The van der Waals surface area contributed by atoms with Crippen molar-refractivity contribution in [1.82, 2.24) is 4.98 Å². The Labute approximate surface area is 139 Å². The molecule has 1 aromatic heterocycles. The van der Waals surface area contributed by atoms with Crippen molar-refractivity contribution in [1.29, 1.82) is 0 Å². The van der Waals surface area contributed by atoms with Crippen LogP contribution in [0.3, 0.4) is 0 Å². The second kappa shape index (κ2) is 6.43. The zero-order valence-electron chi connectivity index (χ0n) is 12.8. The number of hydrogen-bond donors (Lipinski definition) is 2. The van der Waals surface area contributed by atoms with Gasteiger partial charge in [0.25, 0.3) is 0 Å². The van der Waals surface area contributed by atoms with Gasteiger partial charge in [-0.25, -0.2) is 17.9 Å². The molecule has 5 nitrogen and oxygen atoms in total. The number of nitrogens with two attached hydrogens (primary N) is 1. The molecule has 1 aliphatic carbocycles. The van der Waals surface area contributed by atoms with E-state index in [4.69, 9.17) is 5.14 Å². The van der Waals surface area contributed by atoms with Crippen LogP contribution in [0.4, 0.5) is 4.39 Å². The molecule has 0 spiro atoms. The van der Waals surface area contributed by atoms with E-state index in [2.05, 4.69) is 4.98 Å². The van der Waals surface area contributed by atoms with E-state index in [1.54, 1.807) is 18.2 Å². The van der Waals surface area contributed by atoms with Crippen LogP contribution in [-0.4, -0.2) is 25.1 Å². The maximum absolute atomic E-state index is 13.2. The highest BCUT2D eigenvalue weighted by Gasteiger charge is 2.26. The molecule has 0 radical (unpaired) electrons. The molecule has 1 aromatic carbocycles. The highest BCUT2D eigenvalue weighted by molar-refractivity contribution is 7.89. The summed E-state index contributed by atoms with van der Waals surface area (Å²) in [5.41, 5.74) is 3.43. The van der Waals surface area contributed by atoms with E-state index in [0.717, 1.165) is 16.7 Å². The summed E-state index contributed by atoms with van der Waals surface area (Å²) in [6.45, 7) is 0.0451. The molecule has 1 heterocycles. The van der Waals surface area contributed by atoms with E-state index < -0.39 is 10.0 Å². The molecule has 3 rings (SSSR count). The number of allylic oxidation sites excluding steroid dienone is 2. The molecule has 2 aromatic rings. The SMILES string of the molecule is NS(=O)(=O)c1ccc(C2=C(c3ccc(F)cc3)CC(CO)C2)nc1. The largest absolute Gasteiger partial charge is 0.396 e. The third-order valence-electron chi connectivity index (χ3n) is 4.17. The Morgan fingerprint density at radius 1 is 1.12 bits per heavy atom. The standard InChI is InChI=1S/C17H17FN2O3S/c18-13-3-1-12(2-4-13)15-7-11(10-21)8-16(15)17-6-5-14(9-20-17)24(19,22)23/h1-6,9,11,21H,7-8,10H2,(H2,19,22,23). The summed E-state index contributed by atoms with van der Waals surface area (Å²) in [4.78, 5) is 4.17. The molecule has 0 amide bonds. The molecule has 24 heavy (non-hydrogen) atoms. The van der Waals surface area contributed by atoms with E-state index in [-0.39, 0.29) is 23.2 Å². The van der Waals surface area contributed by atoms with Crippen molar-refractivity contribution >= 4 is 21.2 Å². The summed E-state index contributed by atoms with van der Waals surface area (Å²) in [5, 5.41) is 14.6. The van der Waals surface area contributed by atoms with Gasteiger partial charge in [-0.1, -0.05) is 12.1 Å². The molecule has 3 N–H and O–H groups in total. The summed E-state index contributed by atoms with van der Waals surface area (Å²) in [6.07, 6.45) is 2.52. The van der Waals surface area contributed by atoms with Crippen LogP contribution in [0.15, 0.2) is 47.5 Å². The van der Waals surface area contributed by atoms with Crippen molar-refractivity contribution in [3.05, 3.63) is 59.7 Å². The van der Waals surface area contributed by atoms with Gasteiger partial charge in [0.05, 0.1) is 5.69 Å². The fourth-order valence-corrected chi connectivity index (χ4v) is 3.41. The molecule has 0 saturated carbocycles. The monoisotopic (exact) mass is 348 g/mol. The maximum atomic E-state index is 13.2. The lowest BCUT2D eigenvalue weighted by Gasteiger charge is -2.08. The van der Waals surface area contributed by atoms with Crippen LogP contribution in [0, 0.1) is 11.7 Å². The Morgan fingerprint density at radius 3 is 2.33 bits per heavy atom. The molecule has 126 valence electrons. The maximum Gasteiger partial charge on any atom is 0.239 e. The van der Waals surface area contributed by atoms with Gasteiger partial charge in [0.2, 0.25) is 10.0 Å². The topological polar surface area (TPSA) is 93.3 Å². The van der Waals surface area contributed by atoms with E-state index in [1.807, 2.05) is 0 Å². The number of nitrogens with zero attached hydrogens (tertiary/aromatic N) is 1. The van der Waals surface area contributed by atoms with Gasteiger partial charge >= 0.3 is 0 Å². The lowest BCUT2D eigenvalue weighted by molar-refractivity contribution is 0.235. The summed E-state index contributed by atoms with van der Waals surface area (Å²) < 4.78 is 35.8. The minimum atomic E-state index is -3.79. The number of aromatic nitrogens is 1. The van der Waals surface area contributed by atoms with Crippen molar-refractivity contribution in [3.8, 4) is 0 Å². The molecule has 0 aliphatic heterocycles. The molecule has 7 heteroatoms. The molecule has 0 saturated heterocycles. The van der Waals surface area contributed by atoms with Crippen LogP contribution in [-0.2, 0) is 10.0 Å². The van der Waals surface area contributed by atoms with Gasteiger partial charge in [0.15, 0.2) is 0 Å². The Balaban J connectivity index is 2.04. The summed E-state index contributed by atoms with van der Waals surface area (Å²) in [5.74, 6) is -0.243. The third-order valence-corrected chi connectivity index (χ3v) is 5.07. The van der Waals surface area contributed by atoms with Gasteiger partial charge < -0.3 is 5.11 Å². The first-order valence-electron chi connectivity index (χ1n) is 7.46. The van der Waals surface area contributed by atoms with Gasteiger partial charge in [-0.15, -0.1) is 0 Å². The van der Waals surface area contributed by atoms with E-state index in [1.165, 1.54) is 24.4 Å². The van der Waals surface area contributed by atoms with Crippen LogP contribution in [0.2, 0.25) is 0 Å². The Morgan fingerprint density at radius 2 is 1.79 bits per heavy atom. The predicted octanol–water partition coefficient (Wildman–Crippen LogP) is 2.18. The van der Waals surface area contributed by atoms with Gasteiger partial charge in [-0.3, -0.25) is 4.98 Å². The van der Waals surface area contributed by atoms with Crippen molar-refractivity contribution in [2.24, 2.45) is 11.1 Å². The lowest BCUT2D eigenvalue weighted by atomic mass is 9.99. The zero-order valence-corrected chi connectivity index (χ0v) is 13.6. The van der Waals surface area contributed by atoms with Gasteiger partial charge in [-0.2, -0.15) is 0 Å². The van der Waals surface area contributed by atoms with E-state index in [9.17, 15) is 17.9 Å². The van der Waals surface area contributed by atoms with Gasteiger partial charge in [-0.05, 0) is 59.7 Å². The number of sulfonamides is 1. The fraction of sp³-hybridized carbons (Fsp3) is 0.235. The normalized spacial score (nSPS) is 18.2. The lowest BCUT2D eigenvalue weighted by Crippen LogP contribution is -2.12. The number of aliphatic hydroxyl groups is 1. The average molecular weight is 348 g/mol. The molecular weight excluding hydrogens is 331 g/mol. The van der Waals surface area contributed by atoms with Crippen LogP contribution < -0.4 is 5.14 Å². The number of hydrogen-bond acceptors (Lipinski definition) is 4. The Bertz CT molecular complexity index is 875. The quantitative estimate of drug-likeness (QED) is 0.886. The van der Waals surface area contributed by atoms with E-state index >= 15 is 0 Å². The molecule has 1 aliphatic rings. The van der Waals surface area contributed by atoms with Crippen LogP contribution in [0.1, 0.15) is 24.1 Å². The average Bonchev–Trinajstić information content (AvgIpc) is 2.99. The number of halogens is 1. The van der Waals surface area contributed by atoms with Crippen LogP contribution >= 0.6 is 0 Å². The van der Waals surface area contributed by atoms with Crippen LogP contribution in [0.25, 0.3) is 11.1 Å². The number of rotatable bonds is 4. The van der Waals surface area contributed by atoms with E-state index in [0.29, 0.717) is 18.5 Å². The summed E-state index contributed by atoms with van der Waals surface area (Å²) in [6, 6.07) is 9.21. The highest BCUT2D eigenvalue weighted by atomic mass is 32.2. The Kier molecular flexibility index (Phi) is 4.49. The zero-order chi connectivity index (χ0) is 17.3. The van der Waals surface area contributed by atoms with Crippen molar-refractivity contribution < 1.29 is 17.9 Å². The number of pyridine rings is 1. The molecule has 1 unspecified atom stereocenters. The molecular formula is C17H17FN2O3S. The molecule has 0 fully saturated rings. The second-order valence-electron chi connectivity index (χ2n) is 5.84. The number of aliphatic hydroxyl groups excluding tert-OH is 1. The smallest absolute Gasteiger partial charge is 0.239 e. The summed E-state index contributed by atoms with van der Waals surface area (Å²) in [7, 11) is -3.79. The molecule has 0 bridgehead atoms. The first kappa shape index (κ1) is 16.8. The van der Waals surface area contributed by atoms with Gasteiger partial charge in [0.1, 0.15) is 10.7 Å². The van der Waals surface area contributed by atoms with Gasteiger partial charge in [0, 0.05) is 12.8 Å². The second-order valence-corrected chi connectivity index (χ2v) is 7.41. The third kappa shape index (κ3) is 3.38. The fourth-order valence-electron chi connectivity index (χ4n) is 2.95. The van der Waals surface area contributed by atoms with Crippen molar-refractivity contribution in [2.75, 3.05) is 6.61 Å². The highest BCUT2D eigenvalue weighted by Crippen LogP contribution is 2.42. The minimum absolute atomic E-state index is 0.0451. The predicted molar refractivity (Wildman–Crippen MR) is 88.6 cm³/mol. The van der Waals surface area contributed by atoms with Crippen molar-refractivity contribution in [3.63, 3.8) is 0 Å². The minimum Gasteiger partial charge on any atom is -0.396 e. The Hall–Kier alpha value is -2.09. The first-order valence-corrected chi connectivity index (χ1v) is 9.01. The number of benzene rings is 1. The number of primary sulfonamides is 1.